The Balaban J connectivity index is 2.05. The number of anilines is 2. The van der Waals surface area contributed by atoms with E-state index in [0.717, 1.165) is 5.56 Å². The Kier molecular flexibility index (Phi) is 4.30. The largest absolute Gasteiger partial charge is 0.399 e. The highest BCUT2D eigenvalue weighted by Gasteiger charge is 2.08. The van der Waals surface area contributed by atoms with Gasteiger partial charge in [-0.2, -0.15) is 0 Å². The van der Waals surface area contributed by atoms with E-state index in [0.29, 0.717) is 21.4 Å². The van der Waals surface area contributed by atoms with Crippen LogP contribution in [0.2, 0.25) is 10.0 Å². The van der Waals surface area contributed by atoms with Crippen LogP contribution in [0.4, 0.5) is 11.4 Å². The molecule has 0 saturated heterocycles. The SMILES string of the molecule is Nc1ccc(CC(=O)Nc2cccc(Cl)c2Cl)cc1. The molecule has 0 aliphatic carbocycles. The molecule has 1 amide bonds. The van der Waals surface area contributed by atoms with Gasteiger partial charge in [-0.25, -0.2) is 0 Å². The number of nitrogens with one attached hydrogen (secondary N) is 1. The van der Waals surface area contributed by atoms with E-state index >= 15 is 0 Å². The summed E-state index contributed by atoms with van der Waals surface area (Å²) in [6.45, 7) is 0. The molecule has 2 aromatic rings. The van der Waals surface area contributed by atoms with Crippen LogP contribution in [0.5, 0.6) is 0 Å². The average Bonchev–Trinajstić information content (AvgIpc) is 2.38. The van der Waals surface area contributed by atoms with Gasteiger partial charge in [-0.3, -0.25) is 4.79 Å². The van der Waals surface area contributed by atoms with Crippen molar-refractivity contribution in [3.05, 3.63) is 58.1 Å². The topological polar surface area (TPSA) is 55.1 Å². The van der Waals surface area contributed by atoms with E-state index in [1.54, 1.807) is 30.3 Å². The Morgan fingerprint density at radius 3 is 2.47 bits per heavy atom. The number of nitrogens with two attached hydrogens (primary N) is 1. The van der Waals surface area contributed by atoms with Crippen molar-refractivity contribution in [1.82, 2.24) is 0 Å². The summed E-state index contributed by atoms with van der Waals surface area (Å²) in [4.78, 5) is 11.9. The molecule has 3 N–H and O–H groups in total. The highest BCUT2D eigenvalue weighted by Crippen LogP contribution is 2.29. The number of rotatable bonds is 3. The van der Waals surface area contributed by atoms with Gasteiger partial charge in [-0.15, -0.1) is 0 Å². The van der Waals surface area contributed by atoms with Gasteiger partial charge in [0.25, 0.3) is 0 Å². The summed E-state index contributed by atoms with van der Waals surface area (Å²) < 4.78 is 0. The molecule has 2 rings (SSSR count). The van der Waals surface area contributed by atoms with Crippen LogP contribution < -0.4 is 11.1 Å². The van der Waals surface area contributed by atoms with E-state index in [1.165, 1.54) is 0 Å². The predicted molar refractivity (Wildman–Crippen MR) is 79.7 cm³/mol. The van der Waals surface area contributed by atoms with Crippen LogP contribution in [0.3, 0.4) is 0 Å². The minimum absolute atomic E-state index is 0.158. The number of hydrogen-bond donors (Lipinski definition) is 2. The average molecular weight is 295 g/mol. The number of carbonyl (C=O) groups is 1. The number of hydrogen-bond acceptors (Lipinski definition) is 2. The third kappa shape index (κ3) is 3.63. The molecular formula is C14H12Cl2N2O. The van der Waals surface area contributed by atoms with Crippen molar-refractivity contribution in [2.45, 2.75) is 6.42 Å². The maximum Gasteiger partial charge on any atom is 0.228 e. The van der Waals surface area contributed by atoms with Crippen molar-refractivity contribution in [2.24, 2.45) is 0 Å². The quantitative estimate of drug-likeness (QED) is 0.847. The monoisotopic (exact) mass is 294 g/mol. The van der Waals surface area contributed by atoms with Gasteiger partial charge in [0.15, 0.2) is 0 Å². The summed E-state index contributed by atoms with van der Waals surface area (Å²) in [6.07, 6.45) is 0.253. The highest BCUT2D eigenvalue weighted by atomic mass is 35.5. The molecule has 0 heterocycles. The fourth-order valence-electron chi connectivity index (χ4n) is 1.62. The van der Waals surface area contributed by atoms with Crippen molar-refractivity contribution >= 4 is 40.5 Å². The Hall–Kier alpha value is -1.71. The van der Waals surface area contributed by atoms with Crippen molar-refractivity contribution in [3.8, 4) is 0 Å². The lowest BCUT2D eigenvalue weighted by Crippen LogP contribution is -2.14. The molecule has 0 unspecified atom stereocenters. The van der Waals surface area contributed by atoms with Crippen molar-refractivity contribution in [3.63, 3.8) is 0 Å². The predicted octanol–water partition coefficient (Wildman–Crippen LogP) is 3.76. The molecule has 0 aromatic heterocycles. The molecule has 0 saturated carbocycles. The van der Waals surface area contributed by atoms with Crippen LogP contribution >= 0.6 is 23.2 Å². The van der Waals surface area contributed by atoms with Crippen LogP contribution in [0.1, 0.15) is 5.56 Å². The standard InChI is InChI=1S/C14H12Cl2N2O/c15-11-2-1-3-12(14(11)16)18-13(19)8-9-4-6-10(17)7-5-9/h1-7H,8,17H2,(H,18,19). The van der Waals surface area contributed by atoms with Gasteiger partial charge in [0.05, 0.1) is 22.2 Å². The lowest BCUT2D eigenvalue weighted by Gasteiger charge is -2.08. The first-order valence-corrected chi connectivity index (χ1v) is 6.40. The Morgan fingerprint density at radius 2 is 1.79 bits per heavy atom. The molecule has 2 aromatic carbocycles. The van der Waals surface area contributed by atoms with Crippen LogP contribution in [0.15, 0.2) is 42.5 Å². The van der Waals surface area contributed by atoms with Crippen molar-refractivity contribution in [1.29, 1.82) is 0 Å². The zero-order valence-corrected chi connectivity index (χ0v) is 11.5. The lowest BCUT2D eigenvalue weighted by atomic mass is 10.1. The smallest absolute Gasteiger partial charge is 0.228 e. The molecule has 0 fully saturated rings. The summed E-state index contributed by atoms with van der Waals surface area (Å²) in [5, 5.41) is 3.48. The van der Waals surface area contributed by atoms with E-state index in [1.807, 2.05) is 12.1 Å². The normalized spacial score (nSPS) is 10.2. The fraction of sp³-hybridized carbons (Fsp3) is 0.0714. The minimum Gasteiger partial charge on any atom is -0.399 e. The minimum atomic E-state index is -0.158. The molecule has 0 atom stereocenters. The van der Waals surface area contributed by atoms with Gasteiger partial charge in [0.1, 0.15) is 0 Å². The summed E-state index contributed by atoms with van der Waals surface area (Å²) in [7, 11) is 0. The molecule has 3 nitrogen and oxygen atoms in total. The van der Waals surface area contributed by atoms with Gasteiger partial charge in [-0.1, -0.05) is 41.4 Å². The molecule has 19 heavy (non-hydrogen) atoms. The van der Waals surface area contributed by atoms with Crippen LogP contribution in [-0.4, -0.2) is 5.91 Å². The first kappa shape index (κ1) is 13.7. The first-order valence-electron chi connectivity index (χ1n) is 5.64. The molecule has 0 bridgehead atoms. The van der Waals surface area contributed by atoms with Gasteiger partial charge >= 0.3 is 0 Å². The third-order valence-corrected chi connectivity index (χ3v) is 3.39. The Labute approximate surface area is 121 Å². The van der Waals surface area contributed by atoms with E-state index in [4.69, 9.17) is 28.9 Å². The summed E-state index contributed by atoms with van der Waals surface area (Å²) >= 11 is 11.9. The second-order valence-corrected chi connectivity index (χ2v) is 4.85. The van der Waals surface area contributed by atoms with Gasteiger partial charge in [0.2, 0.25) is 5.91 Å². The van der Waals surface area contributed by atoms with Gasteiger partial charge < -0.3 is 11.1 Å². The number of halogens is 2. The van der Waals surface area contributed by atoms with Crippen molar-refractivity contribution in [2.75, 3.05) is 11.1 Å². The molecular weight excluding hydrogens is 283 g/mol. The molecule has 0 aliphatic heterocycles. The number of carbonyl (C=O) groups excluding carboxylic acids is 1. The zero-order chi connectivity index (χ0) is 13.8. The third-order valence-electron chi connectivity index (χ3n) is 2.57. The molecule has 5 heteroatoms. The Bertz CT molecular complexity index is 597. The molecule has 0 aliphatic rings. The molecule has 98 valence electrons. The maximum atomic E-state index is 11.9. The number of benzene rings is 2. The van der Waals surface area contributed by atoms with Gasteiger partial charge in [-0.05, 0) is 29.8 Å². The fourth-order valence-corrected chi connectivity index (χ4v) is 1.96. The van der Waals surface area contributed by atoms with Gasteiger partial charge in [0, 0.05) is 5.69 Å². The first-order chi connectivity index (χ1) is 9.06. The summed E-state index contributed by atoms with van der Waals surface area (Å²) in [5.41, 5.74) is 7.64. The van der Waals surface area contributed by atoms with Crippen LogP contribution in [-0.2, 0) is 11.2 Å². The number of nitrogen functional groups attached to an aromatic ring is 1. The highest BCUT2D eigenvalue weighted by molar-refractivity contribution is 6.43. The molecule has 0 spiro atoms. The van der Waals surface area contributed by atoms with E-state index in [2.05, 4.69) is 5.32 Å². The Morgan fingerprint density at radius 1 is 1.11 bits per heavy atom. The summed E-state index contributed by atoms with van der Waals surface area (Å²) in [6, 6.07) is 12.2. The van der Waals surface area contributed by atoms with E-state index in [-0.39, 0.29) is 12.3 Å². The second-order valence-electron chi connectivity index (χ2n) is 4.07. The van der Waals surface area contributed by atoms with Crippen LogP contribution in [0.25, 0.3) is 0 Å². The number of amides is 1. The zero-order valence-electron chi connectivity index (χ0n) is 9.99. The van der Waals surface area contributed by atoms with E-state index < -0.39 is 0 Å². The van der Waals surface area contributed by atoms with E-state index in [9.17, 15) is 4.79 Å². The second kappa shape index (κ2) is 5.95. The van der Waals surface area contributed by atoms with Crippen molar-refractivity contribution < 1.29 is 4.79 Å². The van der Waals surface area contributed by atoms with Crippen LogP contribution in [0, 0.1) is 0 Å². The summed E-state index contributed by atoms with van der Waals surface area (Å²) in [5.74, 6) is -0.158. The molecule has 0 radical (unpaired) electrons. The lowest BCUT2D eigenvalue weighted by molar-refractivity contribution is -0.115. The maximum absolute atomic E-state index is 11.9.